The number of aromatic hydroxyl groups is 1. The van der Waals surface area contributed by atoms with Gasteiger partial charge in [-0.3, -0.25) is 0 Å². The highest BCUT2D eigenvalue weighted by molar-refractivity contribution is 5.43. The van der Waals surface area contributed by atoms with E-state index in [2.05, 4.69) is 5.32 Å². The van der Waals surface area contributed by atoms with Crippen LogP contribution in [0.25, 0.3) is 0 Å². The van der Waals surface area contributed by atoms with Gasteiger partial charge in [0.05, 0.1) is 6.61 Å². The number of nitrogens with one attached hydrogen (secondary N) is 1. The molecule has 0 aliphatic heterocycles. The van der Waals surface area contributed by atoms with Crippen LogP contribution in [-0.2, 0) is 6.61 Å². The van der Waals surface area contributed by atoms with Gasteiger partial charge < -0.3 is 15.5 Å². The lowest BCUT2D eigenvalue weighted by Gasteiger charge is -2.21. The van der Waals surface area contributed by atoms with E-state index in [9.17, 15) is 10.2 Å². The second kappa shape index (κ2) is 7.97. The van der Waals surface area contributed by atoms with Crippen molar-refractivity contribution in [2.45, 2.75) is 38.7 Å². The molecule has 2 rings (SSSR count). The van der Waals surface area contributed by atoms with Crippen molar-refractivity contribution in [2.24, 2.45) is 0 Å². The van der Waals surface area contributed by atoms with Crippen molar-refractivity contribution < 1.29 is 18.4 Å². The third kappa shape index (κ3) is 4.33. The molecule has 2 aromatic rings. The second-order valence-corrected chi connectivity index (χ2v) is 5.19. The average molecular weight is 305 g/mol. The summed E-state index contributed by atoms with van der Waals surface area (Å²) in [7, 11) is 0. The van der Waals surface area contributed by atoms with Crippen LogP contribution in [0.1, 0.15) is 51.0 Å². The Morgan fingerprint density at radius 1 is 1.14 bits per heavy atom. The Labute approximate surface area is 141 Å². The lowest BCUT2D eigenvalue weighted by atomic mass is 9.87. The van der Waals surface area contributed by atoms with Crippen LogP contribution in [0.4, 0.5) is 0 Å². The fraction of sp³-hybridized carbons (Fsp3) is 0.368. The molecule has 0 spiro atoms. The SMILES string of the molecule is [2H]C([2H])([2H])C(NCCC(c1ccccc1)c1cc(CO)ccc1O)C([2H])([2H])[2H]. The summed E-state index contributed by atoms with van der Waals surface area (Å²) in [5, 5.41) is 22.4. The molecular formula is C19H25NO2. The molecule has 3 nitrogen and oxygen atoms in total. The molecular weight excluding hydrogens is 274 g/mol. The number of hydrogen-bond acceptors (Lipinski definition) is 3. The molecule has 0 saturated carbocycles. The first kappa shape index (κ1) is 10.0. The second-order valence-electron chi connectivity index (χ2n) is 5.19. The molecule has 3 heteroatoms. The molecule has 1 unspecified atom stereocenters. The normalized spacial score (nSPS) is 17.7. The Balaban J connectivity index is 2.27. The molecule has 0 aliphatic rings. The van der Waals surface area contributed by atoms with Crippen LogP contribution in [-0.4, -0.2) is 22.8 Å². The number of rotatable bonds is 7. The van der Waals surface area contributed by atoms with Gasteiger partial charge in [-0.25, -0.2) is 0 Å². The summed E-state index contributed by atoms with van der Waals surface area (Å²) in [6, 6.07) is 12.6. The summed E-state index contributed by atoms with van der Waals surface area (Å²) in [4.78, 5) is 0. The van der Waals surface area contributed by atoms with E-state index < -0.39 is 19.7 Å². The molecule has 22 heavy (non-hydrogen) atoms. The molecule has 3 N–H and O–H groups in total. The van der Waals surface area contributed by atoms with Gasteiger partial charge >= 0.3 is 0 Å². The summed E-state index contributed by atoms with van der Waals surface area (Å²) in [5.74, 6) is -0.233. The summed E-state index contributed by atoms with van der Waals surface area (Å²) < 4.78 is 44.9. The molecule has 0 aliphatic carbocycles. The standard InChI is InChI=1S/C19H25NO2/c1-14(2)20-11-10-17(16-6-4-3-5-7-16)18-12-15(13-21)8-9-19(18)22/h3-9,12,14,17,20-22H,10-11,13H2,1-2H3/i1D3,2D3. The van der Waals surface area contributed by atoms with Crippen molar-refractivity contribution >= 4 is 0 Å². The zero-order valence-electron chi connectivity index (χ0n) is 18.3. The number of phenols is 1. The number of aliphatic hydroxyl groups is 1. The van der Waals surface area contributed by atoms with Gasteiger partial charge in [-0.15, -0.1) is 0 Å². The summed E-state index contributed by atoms with van der Waals surface area (Å²) in [5.41, 5.74) is 2.14. The van der Waals surface area contributed by atoms with Gasteiger partial charge in [-0.2, -0.15) is 0 Å². The fourth-order valence-electron chi connectivity index (χ4n) is 2.54. The van der Waals surface area contributed by atoms with E-state index in [4.69, 9.17) is 8.22 Å². The van der Waals surface area contributed by atoms with E-state index >= 15 is 0 Å². The molecule has 118 valence electrons. The summed E-state index contributed by atoms with van der Waals surface area (Å²) >= 11 is 0. The van der Waals surface area contributed by atoms with E-state index in [1.54, 1.807) is 12.1 Å². The van der Waals surface area contributed by atoms with Crippen molar-refractivity contribution in [3.63, 3.8) is 0 Å². The van der Waals surface area contributed by atoms with E-state index in [0.717, 1.165) is 5.56 Å². The number of hydrogen-bond donors (Lipinski definition) is 3. The minimum Gasteiger partial charge on any atom is -0.508 e. The van der Waals surface area contributed by atoms with Gasteiger partial charge in [0, 0.05) is 25.7 Å². The third-order valence-corrected chi connectivity index (χ3v) is 3.63. The largest absolute Gasteiger partial charge is 0.508 e. The van der Waals surface area contributed by atoms with Gasteiger partial charge in [0.1, 0.15) is 5.75 Å². The van der Waals surface area contributed by atoms with Crippen molar-refractivity contribution in [1.82, 2.24) is 5.32 Å². The molecule has 0 aromatic heterocycles. The Bertz CT molecular complexity index is 747. The molecule has 0 heterocycles. The smallest absolute Gasteiger partial charge is 0.119 e. The maximum atomic E-state index is 10.3. The third-order valence-electron chi connectivity index (χ3n) is 3.63. The van der Waals surface area contributed by atoms with Crippen molar-refractivity contribution in [2.75, 3.05) is 6.54 Å². The summed E-state index contributed by atoms with van der Waals surface area (Å²) in [6.07, 6.45) is 0.370. The summed E-state index contributed by atoms with van der Waals surface area (Å²) in [6.45, 7) is -5.37. The lowest BCUT2D eigenvalue weighted by Crippen LogP contribution is -2.25. The predicted octanol–water partition coefficient (Wildman–Crippen LogP) is 3.40. The van der Waals surface area contributed by atoms with Gasteiger partial charge in [-0.05, 0) is 36.2 Å². The molecule has 1 atom stereocenters. The van der Waals surface area contributed by atoms with E-state index in [0.29, 0.717) is 17.5 Å². The Hall–Kier alpha value is -1.84. The number of aliphatic hydroxyl groups excluding tert-OH is 1. The molecule has 0 bridgehead atoms. The zero-order valence-corrected chi connectivity index (χ0v) is 12.3. The first-order valence-electron chi connectivity index (χ1n) is 10.2. The minimum absolute atomic E-state index is 0.0641. The topological polar surface area (TPSA) is 52.5 Å². The highest BCUT2D eigenvalue weighted by Crippen LogP contribution is 2.34. The van der Waals surface area contributed by atoms with E-state index in [1.807, 2.05) is 30.3 Å². The van der Waals surface area contributed by atoms with Gasteiger partial charge in [0.2, 0.25) is 0 Å². The maximum absolute atomic E-state index is 10.3. The molecule has 2 aromatic carbocycles. The van der Waals surface area contributed by atoms with Crippen LogP contribution in [0.15, 0.2) is 48.5 Å². The van der Waals surface area contributed by atoms with Gasteiger partial charge in [0.15, 0.2) is 0 Å². The van der Waals surface area contributed by atoms with Crippen LogP contribution >= 0.6 is 0 Å². The van der Waals surface area contributed by atoms with Crippen LogP contribution in [0.2, 0.25) is 0 Å². The number of phenolic OH excluding ortho intramolecular Hbond substituents is 1. The molecule has 0 radical (unpaired) electrons. The zero-order chi connectivity index (χ0) is 20.9. The van der Waals surface area contributed by atoms with Crippen LogP contribution in [0.3, 0.4) is 0 Å². The molecule has 0 amide bonds. The van der Waals surface area contributed by atoms with E-state index in [1.165, 1.54) is 6.07 Å². The lowest BCUT2D eigenvalue weighted by molar-refractivity contribution is 0.281. The Kier molecular flexibility index (Phi) is 3.63. The van der Waals surface area contributed by atoms with Crippen LogP contribution in [0, 0.1) is 0 Å². The monoisotopic (exact) mass is 305 g/mol. The molecule has 0 fully saturated rings. The number of benzene rings is 2. The quantitative estimate of drug-likeness (QED) is 0.735. The predicted molar refractivity (Wildman–Crippen MR) is 90.1 cm³/mol. The first-order chi connectivity index (χ1) is 13.0. The maximum Gasteiger partial charge on any atom is 0.119 e. The first-order valence-corrected chi connectivity index (χ1v) is 7.25. The van der Waals surface area contributed by atoms with Crippen LogP contribution < -0.4 is 5.32 Å². The van der Waals surface area contributed by atoms with Crippen LogP contribution in [0.5, 0.6) is 5.75 Å². The minimum atomic E-state index is -2.66. The highest BCUT2D eigenvalue weighted by Gasteiger charge is 2.18. The van der Waals surface area contributed by atoms with E-state index in [-0.39, 0.29) is 24.8 Å². The molecule has 0 saturated heterocycles. The van der Waals surface area contributed by atoms with Crippen molar-refractivity contribution in [1.29, 1.82) is 0 Å². The van der Waals surface area contributed by atoms with Crippen molar-refractivity contribution in [3.8, 4) is 5.75 Å². The van der Waals surface area contributed by atoms with Gasteiger partial charge in [0.25, 0.3) is 0 Å². The fourth-order valence-corrected chi connectivity index (χ4v) is 2.54. The Morgan fingerprint density at radius 3 is 2.59 bits per heavy atom. The Morgan fingerprint density at radius 2 is 1.91 bits per heavy atom. The average Bonchev–Trinajstić information content (AvgIpc) is 2.61. The van der Waals surface area contributed by atoms with Gasteiger partial charge in [-0.1, -0.05) is 50.1 Å². The van der Waals surface area contributed by atoms with Crippen molar-refractivity contribution in [3.05, 3.63) is 65.2 Å². The highest BCUT2D eigenvalue weighted by atomic mass is 16.3.